The first-order chi connectivity index (χ1) is 19.5. The van der Waals surface area contributed by atoms with Gasteiger partial charge in [0, 0.05) is 58.7 Å². The number of ether oxygens (including phenoxy) is 1. The molecule has 3 aromatic rings. The normalized spacial score (nSPS) is 18.4. The van der Waals surface area contributed by atoms with E-state index in [4.69, 9.17) is 21.3 Å². The van der Waals surface area contributed by atoms with E-state index in [1.807, 2.05) is 49.1 Å². The zero-order valence-electron chi connectivity index (χ0n) is 23.5. The molecule has 2 aromatic carbocycles. The number of carbonyl (C=O) groups is 2. The molecule has 41 heavy (non-hydrogen) atoms. The topological polar surface area (TPSA) is 71.5 Å². The van der Waals surface area contributed by atoms with Crippen LogP contribution in [0.5, 0.6) is 0 Å². The van der Waals surface area contributed by atoms with Crippen molar-refractivity contribution in [3.8, 4) is 0 Å². The number of pyridine rings is 1. The molecule has 220 valence electrons. The third-order valence-corrected chi connectivity index (χ3v) is 8.28. The molecule has 1 amide bonds. The van der Waals surface area contributed by atoms with Crippen molar-refractivity contribution in [3.05, 3.63) is 68.7 Å². The fourth-order valence-electron chi connectivity index (χ4n) is 5.28. The zero-order chi connectivity index (χ0) is 29.7. The van der Waals surface area contributed by atoms with Crippen molar-refractivity contribution in [1.82, 2.24) is 10.3 Å². The molecule has 3 unspecified atom stereocenters. The van der Waals surface area contributed by atoms with Gasteiger partial charge in [-0.25, -0.2) is 13.8 Å². The molecule has 2 heterocycles. The Balaban J connectivity index is 1.60. The number of nitrogens with zero attached hydrogens (tertiary/aromatic N) is 2. The molecule has 0 saturated carbocycles. The van der Waals surface area contributed by atoms with E-state index >= 15 is 0 Å². The van der Waals surface area contributed by atoms with E-state index in [2.05, 4.69) is 21.2 Å². The highest BCUT2D eigenvalue weighted by Gasteiger charge is 2.35. The van der Waals surface area contributed by atoms with Crippen molar-refractivity contribution in [2.75, 3.05) is 24.5 Å². The van der Waals surface area contributed by atoms with Crippen molar-refractivity contribution in [2.24, 2.45) is 0 Å². The standard InChI is InChI=1S/C31H35BrClF2N3O3/c1-4-7-26(34)41-27(39)13-10-20(22-8-5-6-9-24(22)33)17-36-30(40)28-19(2)29(38-15-14-31(3,35)18-38)37-25-12-11-21(32)16-23(25)28/h5-6,8-9,11-12,16,20,26H,4,7,10,13-15,17-18H2,1-3H3,(H,36,40). The SMILES string of the molecule is CCCC(F)OC(=O)CCC(CNC(=O)c1c(C)c(N2CCC(C)(F)C2)nc2ccc(Br)cc12)c1ccccc1Cl. The summed E-state index contributed by atoms with van der Waals surface area (Å²) in [5.74, 6) is -0.687. The van der Waals surface area contributed by atoms with Gasteiger partial charge in [0.25, 0.3) is 5.91 Å². The Bertz CT molecular complexity index is 1420. The number of anilines is 1. The number of esters is 1. The second-order valence-corrected chi connectivity index (χ2v) is 12.2. The highest BCUT2D eigenvalue weighted by Crippen LogP contribution is 2.35. The summed E-state index contributed by atoms with van der Waals surface area (Å²) in [4.78, 5) is 32.9. The minimum absolute atomic E-state index is 0.0266. The molecular weight excluding hydrogens is 616 g/mol. The average Bonchev–Trinajstić information content (AvgIpc) is 3.28. The highest BCUT2D eigenvalue weighted by molar-refractivity contribution is 9.10. The van der Waals surface area contributed by atoms with Crippen LogP contribution in [0, 0.1) is 6.92 Å². The van der Waals surface area contributed by atoms with E-state index < -0.39 is 18.0 Å². The largest absolute Gasteiger partial charge is 0.431 e. The summed E-state index contributed by atoms with van der Waals surface area (Å²) < 4.78 is 34.2. The van der Waals surface area contributed by atoms with E-state index in [1.54, 1.807) is 19.1 Å². The second kappa shape index (κ2) is 13.5. The number of hydrogen-bond acceptors (Lipinski definition) is 5. The number of benzene rings is 2. The molecule has 0 bridgehead atoms. The van der Waals surface area contributed by atoms with Gasteiger partial charge in [0.15, 0.2) is 0 Å². The maximum Gasteiger partial charge on any atom is 0.308 e. The number of rotatable bonds is 11. The summed E-state index contributed by atoms with van der Waals surface area (Å²) >= 11 is 9.99. The molecule has 0 spiro atoms. The zero-order valence-corrected chi connectivity index (χ0v) is 25.8. The minimum atomic E-state index is -1.63. The van der Waals surface area contributed by atoms with Gasteiger partial charge in [-0.1, -0.05) is 52.7 Å². The van der Waals surface area contributed by atoms with E-state index in [9.17, 15) is 18.4 Å². The predicted octanol–water partition coefficient (Wildman–Crippen LogP) is 7.83. The summed E-state index contributed by atoms with van der Waals surface area (Å²) in [6.45, 7) is 6.12. The molecule has 1 aliphatic heterocycles. The highest BCUT2D eigenvalue weighted by atomic mass is 79.9. The number of halogens is 4. The number of alkyl halides is 2. The Morgan fingerprint density at radius 3 is 2.68 bits per heavy atom. The van der Waals surface area contributed by atoms with Gasteiger partial charge in [0.2, 0.25) is 6.36 Å². The van der Waals surface area contributed by atoms with Crippen LogP contribution in [0.25, 0.3) is 10.9 Å². The van der Waals surface area contributed by atoms with Crippen LogP contribution in [0.1, 0.15) is 73.4 Å². The molecule has 10 heteroatoms. The summed E-state index contributed by atoms with van der Waals surface area (Å²) in [5, 5.41) is 4.22. The number of amides is 1. The van der Waals surface area contributed by atoms with Crippen LogP contribution in [0.2, 0.25) is 5.02 Å². The third kappa shape index (κ3) is 7.74. The van der Waals surface area contributed by atoms with Gasteiger partial charge in [0.1, 0.15) is 11.5 Å². The Morgan fingerprint density at radius 2 is 2.00 bits per heavy atom. The Hall–Kier alpha value is -2.78. The minimum Gasteiger partial charge on any atom is -0.431 e. The van der Waals surface area contributed by atoms with Crippen LogP contribution in [0.15, 0.2) is 46.9 Å². The predicted molar refractivity (Wildman–Crippen MR) is 162 cm³/mol. The van der Waals surface area contributed by atoms with Gasteiger partial charge in [0.05, 0.1) is 17.6 Å². The maximum atomic E-state index is 14.7. The van der Waals surface area contributed by atoms with Gasteiger partial charge in [-0.05, 0) is 56.5 Å². The molecule has 4 rings (SSSR count). The first-order valence-corrected chi connectivity index (χ1v) is 15.1. The number of hydrogen-bond donors (Lipinski definition) is 1. The van der Waals surface area contributed by atoms with Crippen LogP contribution in [0.4, 0.5) is 14.6 Å². The number of fused-ring (bicyclic) bond motifs is 1. The van der Waals surface area contributed by atoms with Crippen molar-refractivity contribution < 1.29 is 23.1 Å². The summed E-state index contributed by atoms with van der Waals surface area (Å²) in [6.07, 6.45) is -0.256. The Kier molecular flexibility index (Phi) is 10.2. The fourth-order valence-corrected chi connectivity index (χ4v) is 5.93. The van der Waals surface area contributed by atoms with Gasteiger partial charge < -0.3 is 15.0 Å². The molecule has 6 nitrogen and oxygen atoms in total. The van der Waals surface area contributed by atoms with E-state index in [-0.39, 0.29) is 37.8 Å². The third-order valence-electron chi connectivity index (χ3n) is 7.44. The van der Waals surface area contributed by atoms with Crippen LogP contribution in [-0.4, -0.2) is 48.5 Å². The average molecular weight is 651 g/mol. The van der Waals surface area contributed by atoms with Crippen LogP contribution in [0.3, 0.4) is 0 Å². The lowest BCUT2D eigenvalue weighted by Crippen LogP contribution is -2.31. The lowest BCUT2D eigenvalue weighted by Gasteiger charge is -2.24. The van der Waals surface area contributed by atoms with E-state index in [0.717, 1.165) is 10.0 Å². The lowest BCUT2D eigenvalue weighted by molar-refractivity contribution is -0.158. The van der Waals surface area contributed by atoms with Gasteiger partial charge in [-0.2, -0.15) is 0 Å². The second-order valence-electron chi connectivity index (χ2n) is 10.8. The Morgan fingerprint density at radius 1 is 1.24 bits per heavy atom. The quantitative estimate of drug-likeness (QED) is 0.214. The summed E-state index contributed by atoms with van der Waals surface area (Å²) in [5.41, 5.74) is 1.19. The van der Waals surface area contributed by atoms with Crippen LogP contribution in [-0.2, 0) is 9.53 Å². The lowest BCUT2D eigenvalue weighted by atomic mass is 9.93. The fraction of sp³-hybridized carbons (Fsp3) is 0.452. The van der Waals surface area contributed by atoms with Gasteiger partial charge in [-0.3, -0.25) is 9.59 Å². The molecule has 1 fully saturated rings. The number of nitrogens with one attached hydrogen (secondary N) is 1. The smallest absolute Gasteiger partial charge is 0.308 e. The first kappa shape index (κ1) is 31.2. The molecule has 0 radical (unpaired) electrons. The van der Waals surface area contributed by atoms with Crippen LogP contribution >= 0.6 is 27.5 Å². The van der Waals surface area contributed by atoms with Crippen molar-refractivity contribution in [1.29, 1.82) is 0 Å². The van der Waals surface area contributed by atoms with E-state index in [0.29, 0.717) is 58.7 Å². The Labute approximate surface area is 252 Å². The molecule has 1 aliphatic rings. The monoisotopic (exact) mass is 649 g/mol. The molecular formula is C31H35BrClF2N3O3. The summed E-state index contributed by atoms with van der Waals surface area (Å²) in [7, 11) is 0. The van der Waals surface area contributed by atoms with Crippen molar-refractivity contribution in [3.63, 3.8) is 0 Å². The molecule has 1 saturated heterocycles. The molecule has 1 aromatic heterocycles. The van der Waals surface area contributed by atoms with Crippen molar-refractivity contribution >= 4 is 56.1 Å². The molecule has 0 aliphatic carbocycles. The number of aromatic nitrogens is 1. The molecule has 3 atom stereocenters. The first-order valence-electron chi connectivity index (χ1n) is 13.9. The van der Waals surface area contributed by atoms with Crippen molar-refractivity contribution in [2.45, 2.75) is 70.8 Å². The number of carbonyl (C=O) groups excluding carboxylic acids is 2. The van der Waals surface area contributed by atoms with E-state index in [1.165, 1.54) is 0 Å². The van der Waals surface area contributed by atoms with Gasteiger partial charge in [-0.15, -0.1) is 0 Å². The molecule has 1 N–H and O–H groups in total. The van der Waals surface area contributed by atoms with Gasteiger partial charge >= 0.3 is 5.97 Å². The maximum absolute atomic E-state index is 14.7. The summed E-state index contributed by atoms with van der Waals surface area (Å²) in [6, 6.07) is 12.8. The van der Waals surface area contributed by atoms with Crippen LogP contribution < -0.4 is 10.2 Å².